The fraction of sp³-hybridized carbons (Fsp3) is 0.222. The molecule has 0 aliphatic rings. The molecule has 0 aliphatic carbocycles. The molecule has 12 nitrogen and oxygen atoms in total. The van der Waals surface area contributed by atoms with E-state index in [-0.39, 0.29) is 18.3 Å². The van der Waals surface area contributed by atoms with Crippen LogP contribution < -0.4 is 31.4 Å². The van der Waals surface area contributed by atoms with Crippen molar-refractivity contribution in [2.24, 2.45) is 5.73 Å². The zero-order valence-corrected chi connectivity index (χ0v) is 21.9. The number of carbonyl (C=O) groups is 3. The number of nitrogens with zero attached hydrogens (tertiary/aromatic N) is 2. The molecule has 1 atom stereocenters. The van der Waals surface area contributed by atoms with Gasteiger partial charge in [-0.05, 0) is 61.0 Å². The average molecular weight is 534 g/mol. The third kappa shape index (κ3) is 7.92. The number of benzene rings is 2. The Labute approximate surface area is 226 Å². The highest BCUT2D eigenvalue weighted by molar-refractivity contribution is 5.97. The maximum atomic E-state index is 13.3. The molecule has 0 saturated heterocycles. The lowest BCUT2D eigenvalue weighted by Gasteiger charge is -2.22. The minimum Gasteiger partial charge on any atom is -0.490 e. The van der Waals surface area contributed by atoms with Gasteiger partial charge in [-0.25, -0.2) is 0 Å². The monoisotopic (exact) mass is 533 g/mol. The smallest absolute Gasteiger partial charge is 0.269 e. The predicted molar refractivity (Wildman–Crippen MR) is 145 cm³/mol. The summed E-state index contributed by atoms with van der Waals surface area (Å²) in [5, 5.41) is 10.7. The molecule has 1 aromatic heterocycles. The SMILES string of the molecule is CCOc1cc(C(Nc2ccc(C(=N)N)cc2)C(=O)NNC(=O)c2ccncc2)ccc1OCC(=O)N(C)C. The van der Waals surface area contributed by atoms with Crippen LogP contribution in [0.3, 0.4) is 0 Å². The maximum Gasteiger partial charge on any atom is 0.269 e. The second-order valence-corrected chi connectivity index (χ2v) is 8.46. The number of aromatic nitrogens is 1. The van der Waals surface area contributed by atoms with Crippen molar-refractivity contribution in [2.45, 2.75) is 13.0 Å². The molecule has 3 rings (SSSR count). The summed E-state index contributed by atoms with van der Waals surface area (Å²) >= 11 is 0. The van der Waals surface area contributed by atoms with Gasteiger partial charge in [-0.1, -0.05) is 6.07 Å². The van der Waals surface area contributed by atoms with Crippen LogP contribution in [0.2, 0.25) is 0 Å². The molecule has 0 aliphatic heterocycles. The Morgan fingerprint density at radius 1 is 0.949 bits per heavy atom. The zero-order valence-electron chi connectivity index (χ0n) is 21.9. The van der Waals surface area contributed by atoms with Crippen molar-refractivity contribution in [3.63, 3.8) is 0 Å². The van der Waals surface area contributed by atoms with E-state index in [0.29, 0.717) is 40.5 Å². The van der Waals surface area contributed by atoms with E-state index in [2.05, 4.69) is 21.2 Å². The Morgan fingerprint density at radius 2 is 1.64 bits per heavy atom. The van der Waals surface area contributed by atoms with Crippen LogP contribution in [0.1, 0.15) is 34.5 Å². The van der Waals surface area contributed by atoms with Crippen LogP contribution >= 0.6 is 0 Å². The van der Waals surface area contributed by atoms with Gasteiger partial charge in [0.25, 0.3) is 17.7 Å². The lowest BCUT2D eigenvalue weighted by atomic mass is 10.0. The summed E-state index contributed by atoms with van der Waals surface area (Å²) in [6, 6.07) is 13.6. The van der Waals surface area contributed by atoms with Crippen LogP contribution in [0.15, 0.2) is 67.0 Å². The number of rotatable bonds is 11. The van der Waals surface area contributed by atoms with Crippen molar-refractivity contribution in [2.75, 3.05) is 32.6 Å². The minimum absolute atomic E-state index is 0.0839. The van der Waals surface area contributed by atoms with Crippen molar-refractivity contribution in [1.82, 2.24) is 20.7 Å². The number of carbonyl (C=O) groups excluding carboxylic acids is 3. The number of nitrogens with two attached hydrogens (primary N) is 1. The maximum absolute atomic E-state index is 13.3. The van der Waals surface area contributed by atoms with Gasteiger partial charge in [0.15, 0.2) is 18.1 Å². The number of anilines is 1. The molecule has 12 heteroatoms. The van der Waals surface area contributed by atoms with E-state index in [1.54, 1.807) is 63.5 Å². The van der Waals surface area contributed by atoms with Crippen LogP contribution in [-0.2, 0) is 9.59 Å². The van der Waals surface area contributed by atoms with E-state index in [9.17, 15) is 14.4 Å². The van der Waals surface area contributed by atoms with Gasteiger partial charge < -0.3 is 25.4 Å². The molecule has 2 aromatic carbocycles. The van der Waals surface area contributed by atoms with Gasteiger partial charge in [-0.15, -0.1) is 0 Å². The highest BCUT2D eigenvalue weighted by atomic mass is 16.5. The molecular formula is C27H31N7O5. The lowest BCUT2D eigenvalue weighted by Crippen LogP contribution is -2.45. The molecule has 1 unspecified atom stereocenters. The topological polar surface area (TPSA) is 172 Å². The molecule has 3 aromatic rings. The number of nitrogens with one attached hydrogen (secondary N) is 4. The number of likely N-dealkylation sites (N-methyl/N-ethyl adjacent to an activating group) is 1. The fourth-order valence-corrected chi connectivity index (χ4v) is 3.34. The van der Waals surface area contributed by atoms with Crippen LogP contribution in [0.4, 0.5) is 5.69 Å². The Morgan fingerprint density at radius 3 is 2.26 bits per heavy atom. The second kappa shape index (κ2) is 13.4. The number of hydrogen-bond acceptors (Lipinski definition) is 8. The third-order valence-corrected chi connectivity index (χ3v) is 5.46. The first-order valence-corrected chi connectivity index (χ1v) is 12.0. The number of amidine groups is 1. The van der Waals surface area contributed by atoms with E-state index in [1.807, 2.05) is 0 Å². The molecule has 39 heavy (non-hydrogen) atoms. The molecule has 1 heterocycles. The van der Waals surface area contributed by atoms with E-state index in [0.717, 1.165) is 0 Å². The van der Waals surface area contributed by atoms with E-state index in [4.69, 9.17) is 20.6 Å². The molecule has 3 amide bonds. The number of pyridine rings is 1. The van der Waals surface area contributed by atoms with Gasteiger partial charge in [-0.2, -0.15) is 0 Å². The zero-order chi connectivity index (χ0) is 28.4. The lowest BCUT2D eigenvalue weighted by molar-refractivity contribution is -0.130. The Bertz CT molecular complexity index is 1310. The summed E-state index contributed by atoms with van der Waals surface area (Å²) in [6.07, 6.45) is 2.94. The van der Waals surface area contributed by atoms with Gasteiger partial charge >= 0.3 is 0 Å². The van der Waals surface area contributed by atoms with Crippen molar-refractivity contribution < 1.29 is 23.9 Å². The van der Waals surface area contributed by atoms with Crippen LogP contribution in [0.25, 0.3) is 0 Å². The molecular weight excluding hydrogens is 502 g/mol. The molecule has 0 saturated carbocycles. The van der Waals surface area contributed by atoms with Crippen LogP contribution in [-0.4, -0.2) is 60.8 Å². The number of ether oxygens (including phenoxy) is 2. The number of nitrogen functional groups attached to an aromatic ring is 1. The van der Waals surface area contributed by atoms with Gasteiger partial charge in [0.05, 0.1) is 6.61 Å². The first-order chi connectivity index (χ1) is 18.7. The van der Waals surface area contributed by atoms with Gasteiger partial charge in [-0.3, -0.25) is 35.6 Å². The predicted octanol–water partition coefficient (Wildman–Crippen LogP) is 1.85. The highest BCUT2D eigenvalue weighted by Crippen LogP contribution is 2.32. The number of hydrogen-bond donors (Lipinski definition) is 5. The summed E-state index contributed by atoms with van der Waals surface area (Å²) in [7, 11) is 3.26. The fourth-order valence-electron chi connectivity index (χ4n) is 3.34. The number of hydrazine groups is 1. The molecule has 0 fully saturated rings. The molecule has 0 bridgehead atoms. The third-order valence-electron chi connectivity index (χ3n) is 5.46. The van der Waals surface area contributed by atoms with E-state index in [1.165, 1.54) is 29.4 Å². The van der Waals surface area contributed by atoms with Crippen LogP contribution in [0, 0.1) is 5.41 Å². The number of amides is 3. The normalized spacial score (nSPS) is 11.1. The second-order valence-electron chi connectivity index (χ2n) is 8.46. The van der Waals surface area contributed by atoms with Gasteiger partial charge in [0, 0.05) is 43.3 Å². The summed E-state index contributed by atoms with van der Waals surface area (Å²) in [4.78, 5) is 43.1. The van der Waals surface area contributed by atoms with Crippen molar-refractivity contribution >= 4 is 29.2 Å². The summed E-state index contributed by atoms with van der Waals surface area (Å²) in [6.45, 7) is 1.94. The van der Waals surface area contributed by atoms with Crippen molar-refractivity contribution in [3.8, 4) is 11.5 Å². The van der Waals surface area contributed by atoms with Crippen LogP contribution in [0.5, 0.6) is 11.5 Å². The van der Waals surface area contributed by atoms with Crippen molar-refractivity contribution in [1.29, 1.82) is 5.41 Å². The van der Waals surface area contributed by atoms with Gasteiger partial charge in [0.2, 0.25) is 0 Å². The summed E-state index contributed by atoms with van der Waals surface area (Å²) in [5.74, 6) is -0.703. The molecule has 0 spiro atoms. The first kappa shape index (κ1) is 28.4. The van der Waals surface area contributed by atoms with E-state index < -0.39 is 17.9 Å². The molecule has 0 radical (unpaired) electrons. The largest absolute Gasteiger partial charge is 0.490 e. The van der Waals surface area contributed by atoms with E-state index >= 15 is 0 Å². The Balaban J connectivity index is 1.88. The minimum atomic E-state index is -0.984. The average Bonchev–Trinajstić information content (AvgIpc) is 2.94. The Hall–Kier alpha value is -5.13. The standard InChI is InChI=1S/C27H31N7O5/c1-4-38-22-15-19(7-10-21(22)39-16-23(35)34(2)3)24(31-20-8-5-17(6-9-20)25(28)29)27(37)33-32-26(36)18-11-13-30-14-12-18/h5-15,24,31H,4,16H2,1-3H3,(H3,28,29)(H,32,36)(H,33,37). The highest BCUT2D eigenvalue weighted by Gasteiger charge is 2.24. The first-order valence-electron chi connectivity index (χ1n) is 12.0. The van der Waals surface area contributed by atoms with Gasteiger partial charge in [0.1, 0.15) is 11.9 Å². The molecule has 204 valence electrons. The molecule has 6 N–H and O–H groups in total. The summed E-state index contributed by atoms with van der Waals surface area (Å²) < 4.78 is 11.4. The van der Waals surface area contributed by atoms with Crippen molar-refractivity contribution in [3.05, 3.63) is 83.7 Å². The quantitative estimate of drug-likeness (QED) is 0.141. The summed E-state index contributed by atoms with van der Waals surface area (Å²) in [5.41, 5.74) is 12.3. The Kier molecular flexibility index (Phi) is 9.79.